The summed E-state index contributed by atoms with van der Waals surface area (Å²) in [6.07, 6.45) is 0. The highest BCUT2D eigenvalue weighted by Crippen LogP contribution is 2.34. The van der Waals surface area contributed by atoms with Crippen LogP contribution in [0.15, 0.2) is 72.8 Å². The van der Waals surface area contributed by atoms with E-state index in [0.29, 0.717) is 33.5 Å². The molecule has 0 aliphatic rings. The fourth-order valence-electron chi connectivity index (χ4n) is 3.59. The number of benzene rings is 3. The number of hydrogen-bond donors (Lipinski definition) is 2. The third-order valence-corrected chi connectivity index (χ3v) is 5.46. The van der Waals surface area contributed by atoms with Gasteiger partial charge in [0.05, 0.1) is 18.5 Å². The number of halogens is 1. The molecule has 8 heteroatoms. The van der Waals surface area contributed by atoms with E-state index >= 15 is 0 Å². The van der Waals surface area contributed by atoms with Gasteiger partial charge in [0.1, 0.15) is 11.6 Å². The third kappa shape index (κ3) is 4.94. The summed E-state index contributed by atoms with van der Waals surface area (Å²) in [7, 11) is 1.59. The van der Waals surface area contributed by atoms with E-state index in [1.54, 1.807) is 72.5 Å². The van der Waals surface area contributed by atoms with Gasteiger partial charge in [0.25, 0.3) is 5.91 Å². The molecule has 0 saturated carbocycles. The van der Waals surface area contributed by atoms with Gasteiger partial charge in [0, 0.05) is 28.8 Å². The zero-order valence-corrected chi connectivity index (χ0v) is 19.7. The molecular weight excluding hydrogens is 452 g/mol. The van der Waals surface area contributed by atoms with E-state index in [9.17, 15) is 9.59 Å². The van der Waals surface area contributed by atoms with E-state index in [2.05, 4.69) is 15.7 Å². The summed E-state index contributed by atoms with van der Waals surface area (Å²) in [4.78, 5) is 24.6. The Kier molecular flexibility index (Phi) is 6.65. The van der Waals surface area contributed by atoms with Gasteiger partial charge in [-0.3, -0.25) is 9.59 Å². The van der Waals surface area contributed by atoms with E-state index in [4.69, 9.17) is 16.3 Å². The Morgan fingerprint density at radius 1 is 0.912 bits per heavy atom. The number of aromatic nitrogens is 2. The van der Waals surface area contributed by atoms with Crippen LogP contribution in [0.1, 0.15) is 23.0 Å². The number of nitrogens with zero attached hydrogens (tertiary/aromatic N) is 2. The molecule has 0 radical (unpaired) electrons. The second kappa shape index (κ2) is 9.80. The van der Waals surface area contributed by atoms with E-state index in [-0.39, 0.29) is 11.8 Å². The molecule has 0 atom stereocenters. The van der Waals surface area contributed by atoms with Gasteiger partial charge in [-0.25, -0.2) is 4.68 Å². The van der Waals surface area contributed by atoms with Crippen LogP contribution < -0.4 is 15.4 Å². The summed E-state index contributed by atoms with van der Waals surface area (Å²) in [6, 6.07) is 21.5. The Morgan fingerprint density at radius 3 is 2.15 bits per heavy atom. The first kappa shape index (κ1) is 23.1. The largest absolute Gasteiger partial charge is 0.497 e. The van der Waals surface area contributed by atoms with Crippen LogP contribution >= 0.6 is 11.6 Å². The monoisotopic (exact) mass is 474 g/mol. The molecule has 0 saturated heterocycles. The van der Waals surface area contributed by atoms with Crippen LogP contribution in [0.2, 0.25) is 5.02 Å². The highest BCUT2D eigenvalue weighted by molar-refractivity contribution is 6.30. The molecule has 0 fully saturated rings. The predicted molar refractivity (Wildman–Crippen MR) is 134 cm³/mol. The fraction of sp³-hybridized carbons (Fsp3) is 0.115. The van der Waals surface area contributed by atoms with E-state index in [1.807, 2.05) is 19.1 Å². The SMILES string of the molecule is COc1ccc(NC(=O)c2ccc(-n3nc(C)c(-c4ccc(Cl)cc4)c3NC(C)=O)cc2)cc1. The molecule has 0 bridgehead atoms. The second-order valence-corrected chi connectivity index (χ2v) is 8.07. The molecule has 34 heavy (non-hydrogen) atoms. The van der Waals surface area contributed by atoms with Crippen molar-refractivity contribution in [2.75, 3.05) is 17.7 Å². The molecular formula is C26H23ClN4O3. The predicted octanol–water partition coefficient (Wildman–Crippen LogP) is 5.72. The smallest absolute Gasteiger partial charge is 0.255 e. The molecule has 0 unspecified atom stereocenters. The number of hydrogen-bond acceptors (Lipinski definition) is 4. The lowest BCUT2D eigenvalue weighted by molar-refractivity contribution is -0.114. The number of ether oxygens (including phenoxy) is 1. The fourth-order valence-corrected chi connectivity index (χ4v) is 3.72. The second-order valence-electron chi connectivity index (χ2n) is 7.64. The minimum Gasteiger partial charge on any atom is -0.497 e. The summed E-state index contributed by atoms with van der Waals surface area (Å²) < 4.78 is 6.80. The highest BCUT2D eigenvalue weighted by atomic mass is 35.5. The Labute approximate surface area is 202 Å². The first-order chi connectivity index (χ1) is 16.4. The van der Waals surface area contributed by atoms with E-state index < -0.39 is 0 Å². The number of methoxy groups -OCH3 is 1. The van der Waals surface area contributed by atoms with Crippen molar-refractivity contribution >= 4 is 34.9 Å². The summed E-state index contributed by atoms with van der Waals surface area (Å²) in [6.45, 7) is 3.33. The third-order valence-electron chi connectivity index (χ3n) is 5.21. The number of carbonyl (C=O) groups is 2. The molecule has 2 amide bonds. The molecule has 4 rings (SSSR count). The highest BCUT2D eigenvalue weighted by Gasteiger charge is 2.19. The number of nitrogens with one attached hydrogen (secondary N) is 2. The summed E-state index contributed by atoms with van der Waals surface area (Å²) in [5, 5.41) is 11.0. The normalized spacial score (nSPS) is 10.6. The van der Waals surface area contributed by atoms with Gasteiger partial charge in [-0.05, 0) is 73.2 Å². The average Bonchev–Trinajstić information content (AvgIpc) is 3.15. The number of rotatable bonds is 6. The van der Waals surface area contributed by atoms with Crippen LogP contribution in [-0.2, 0) is 4.79 Å². The maximum atomic E-state index is 12.7. The lowest BCUT2D eigenvalue weighted by Crippen LogP contribution is -2.13. The van der Waals surface area contributed by atoms with Crippen molar-refractivity contribution in [3.05, 3.63) is 89.1 Å². The molecule has 0 aliphatic heterocycles. The van der Waals surface area contributed by atoms with Crippen LogP contribution in [0.25, 0.3) is 16.8 Å². The number of carbonyl (C=O) groups excluding carboxylic acids is 2. The Morgan fingerprint density at radius 2 is 1.56 bits per heavy atom. The molecule has 1 aromatic heterocycles. The van der Waals surface area contributed by atoms with Crippen molar-refractivity contribution in [3.63, 3.8) is 0 Å². The van der Waals surface area contributed by atoms with Crippen molar-refractivity contribution in [1.82, 2.24) is 9.78 Å². The number of aryl methyl sites for hydroxylation is 1. The van der Waals surface area contributed by atoms with Gasteiger partial charge >= 0.3 is 0 Å². The molecule has 4 aromatic rings. The maximum Gasteiger partial charge on any atom is 0.255 e. The van der Waals surface area contributed by atoms with E-state index in [1.165, 1.54) is 6.92 Å². The molecule has 3 aromatic carbocycles. The molecule has 1 heterocycles. The van der Waals surface area contributed by atoms with Crippen LogP contribution in [0.5, 0.6) is 5.75 Å². The van der Waals surface area contributed by atoms with Gasteiger partial charge in [-0.15, -0.1) is 0 Å². The Balaban J connectivity index is 1.63. The number of amides is 2. The van der Waals surface area contributed by atoms with Gasteiger partial charge in [0.15, 0.2) is 0 Å². The zero-order chi connectivity index (χ0) is 24.2. The van der Waals surface area contributed by atoms with Gasteiger partial charge < -0.3 is 15.4 Å². The minimum atomic E-state index is -0.239. The summed E-state index contributed by atoms with van der Waals surface area (Å²) in [5.74, 6) is 0.803. The minimum absolute atomic E-state index is 0.216. The van der Waals surface area contributed by atoms with Crippen LogP contribution in [0, 0.1) is 6.92 Å². The van der Waals surface area contributed by atoms with E-state index in [0.717, 1.165) is 16.8 Å². The van der Waals surface area contributed by atoms with Crippen LogP contribution in [0.4, 0.5) is 11.5 Å². The quantitative estimate of drug-likeness (QED) is 0.374. The topological polar surface area (TPSA) is 85.2 Å². The lowest BCUT2D eigenvalue weighted by atomic mass is 10.1. The van der Waals surface area contributed by atoms with Gasteiger partial charge in [-0.2, -0.15) is 5.10 Å². The van der Waals surface area contributed by atoms with Gasteiger partial charge in [-0.1, -0.05) is 23.7 Å². The molecule has 172 valence electrons. The van der Waals surface area contributed by atoms with Crippen LogP contribution in [-0.4, -0.2) is 28.7 Å². The summed E-state index contributed by atoms with van der Waals surface area (Å²) >= 11 is 6.04. The summed E-state index contributed by atoms with van der Waals surface area (Å²) in [5.41, 5.74) is 4.28. The number of anilines is 2. The molecule has 7 nitrogen and oxygen atoms in total. The van der Waals surface area contributed by atoms with Crippen molar-refractivity contribution in [2.24, 2.45) is 0 Å². The van der Waals surface area contributed by atoms with Crippen LogP contribution in [0.3, 0.4) is 0 Å². The van der Waals surface area contributed by atoms with Crippen molar-refractivity contribution in [2.45, 2.75) is 13.8 Å². The lowest BCUT2D eigenvalue weighted by Gasteiger charge is -2.11. The Hall–Kier alpha value is -4.10. The maximum absolute atomic E-state index is 12.7. The molecule has 0 spiro atoms. The zero-order valence-electron chi connectivity index (χ0n) is 18.9. The first-order valence-electron chi connectivity index (χ1n) is 10.5. The average molecular weight is 475 g/mol. The van der Waals surface area contributed by atoms with Crippen molar-refractivity contribution in [3.8, 4) is 22.6 Å². The van der Waals surface area contributed by atoms with Gasteiger partial charge in [0.2, 0.25) is 5.91 Å². The standard InChI is InChI=1S/C26H23ClN4O3/c1-16-24(18-4-8-20(27)9-5-18)25(28-17(2)32)31(30-16)22-12-6-19(7-13-22)26(33)29-21-10-14-23(34-3)15-11-21/h4-15H,1-3H3,(H,28,32)(H,29,33). The first-order valence-corrected chi connectivity index (χ1v) is 10.9. The van der Waals surface area contributed by atoms with Crippen molar-refractivity contribution < 1.29 is 14.3 Å². The molecule has 0 aliphatic carbocycles. The molecule has 2 N–H and O–H groups in total. The van der Waals surface area contributed by atoms with Crippen molar-refractivity contribution in [1.29, 1.82) is 0 Å². The Bertz CT molecular complexity index is 1330.